The highest BCUT2D eigenvalue weighted by Gasteiger charge is 2.31. The average molecular weight is 194 g/mol. The molecule has 0 spiro atoms. The first-order valence-corrected chi connectivity index (χ1v) is 5.55. The van der Waals surface area contributed by atoms with Crippen molar-refractivity contribution in [2.75, 3.05) is 0 Å². The number of hydrogen-bond donors (Lipinski definition) is 1. The lowest BCUT2D eigenvalue weighted by Gasteiger charge is -2.34. The van der Waals surface area contributed by atoms with E-state index in [1.807, 2.05) is 13.0 Å². The molecule has 0 aliphatic heterocycles. The summed E-state index contributed by atoms with van der Waals surface area (Å²) in [5.41, 5.74) is 0.964. The van der Waals surface area contributed by atoms with Gasteiger partial charge in [-0.05, 0) is 51.9 Å². The van der Waals surface area contributed by atoms with Crippen molar-refractivity contribution in [2.45, 2.75) is 51.6 Å². The van der Waals surface area contributed by atoms with Gasteiger partial charge in [0.25, 0.3) is 0 Å². The lowest BCUT2D eigenvalue weighted by atomic mass is 9.76. The molecule has 0 saturated heterocycles. The van der Waals surface area contributed by atoms with Gasteiger partial charge in [0.2, 0.25) is 0 Å². The van der Waals surface area contributed by atoms with Gasteiger partial charge >= 0.3 is 0 Å². The summed E-state index contributed by atoms with van der Waals surface area (Å²) in [6.45, 7) is 7.84. The van der Waals surface area contributed by atoms with Crippen LogP contribution < -0.4 is 0 Å². The molecule has 1 unspecified atom stereocenters. The molecule has 0 heterocycles. The summed E-state index contributed by atoms with van der Waals surface area (Å²) in [5.74, 6) is 0.436. The van der Waals surface area contributed by atoms with Crippen LogP contribution in [0.3, 0.4) is 0 Å². The summed E-state index contributed by atoms with van der Waals surface area (Å²) < 4.78 is 0. The molecule has 0 aromatic heterocycles. The van der Waals surface area contributed by atoms with Gasteiger partial charge in [-0.25, -0.2) is 0 Å². The Labute approximate surface area is 87.5 Å². The molecule has 0 aromatic carbocycles. The zero-order valence-corrected chi connectivity index (χ0v) is 9.42. The van der Waals surface area contributed by atoms with Gasteiger partial charge in [-0.3, -0.25) is 0 Å². The molecular weight excluding hydrogens is 172 g/mol. The fourth-order valence-corrected chi connectivity index (χ4v) is 2.13. The molecule has 1 aliphatic carbocycles. The summed E-state index contributed by atoms with van der Waals surface area (Å²) >= 11 is 0. The maximum Gasteiger partial charge on any atom is 0.0653 e. The van der Waals surface area contributed by atoms with E-state index in [1.54, 1.807) is 0 Å². The Morgan fingerprint density at radius 1 is 1.71 bits per heavy atom. The minimum Gasteiger partial charge on any atom is -0.390 e. The van der Waals surface area contributed by atoms with Crippen LogP contribution in [0.25, 0.3) is 0 Å². The van der Waals surface area contributed by atoms with Crippen LogP contribution in [0.2, 0.25) is 0 Å². The summed E-state index contributed by atoms with van der Waals surface area (Å²) in [7, 11) is 0. The van der Waals surface area contributed by atoms with Crippen LogP contribution in [0.4, 0.5) is 0 Å². The molecule has 14 heavy (non-hydrogen) atoms. The largest absolute Gasteiger partial charge is 0.390 e. The van der Waals surface area contributed by atoms with Gasteiger partial charge in [-0.15, -0.1) is 6.58 Å². The van der Waals surface area contributed by atoms with Gasteiger partial charge in [-0.2, -0.15) is 0 Å². The van der Waals surface area contributed by atoms with Crippen molar-refractivity contribution in [3.8, 4) is 0 Å². The molecule has 0 radical (unpaired) electrons. The van der Waals surface area contributed by atoms with Crippen LogP contribution in [-0.2, 0) is 0 Å². The Bertz CT molecular complexity index is 225. The molecule has 1 rings (SSSR count). The molecule has 1 heteroatoms. The van der Waals surface area contributed by atoms with E-state index in [1.165, 1.54) is 5.57 Å². The van der Waals surface area contributed by atoms with Gasteiger partial charge in [0.15, 0.2) is 0 Å². The van der Waals surface area contributed by atoms with Crippen molar-refractivity contribution in [3.63, 3.8) is 0 Å². The second-order valence-corrected chi connectivity index (χ2v) is 4.71. The van der Waals surface area contributed by atoms with E-state index in [-0.39, 0.29) is 0 Å². The first kappa shape index (κ1) is 11.5. The zero-order valence-electron chi connectivity index (χ0n) is 9.42. The smallest absolute Gasteiger partial charge is 0.0653 e. The molecule has 1 nitrogen and oxygen atoms in total. The summed E-state index contributed by atoms with van der Waals surface area (Å²) in [6.07, 6.45) is 9.23. The predicted octanol–water partition coefficient (Wildman–Crippen LogP) is 3.45. The van der Waals surface area contributed by atoms with E-state index in [2.05, 4.69) is 19.6 Å². The average Bonchev–Trinajstić information content (AvgIpc) is 2.16. The van der Waals surface area contributed by atoms with Crippen molar-refractivity contribution in [3.05, 3.63) is 24.3 Å². The van der Waals surface area contributed by atoms with Crippen LogP contribution in [0.5, 0.6) is 0 Å². The van der Waals surface area contributed by atoms with Crippen LogP contribution >= 0.6 is 0 Å². The normalized spacial score (nSPS) is 26.5. The third-order valence-electron chi connectivity index (χ3n) is 3.37. The maximum absolute atomic E-state index is 10.3. The lowest BCUT2D eigenvalue weighted by Crippen LogP contribution is -2.35. The molecule has 80 valence electrons. The van der Waals surface area contributed by atoms with E-state index < -0.39 is 5.60 Å². The summed E-state index contributed by atoms with van der Waals surface area (Å²) in [6, 6.07) is 0. The maximum atomic E-state index is 10.3. The zero-order chi connectivity index (χ0) is 10.6. The first-order chi connectivity index (χ1) is 6.56. The predicted molar refractivity (Wildman–Crippen MR) is 61.2 cm³/mol. The molecule has 1 aliphatic rings. The van der Waals surface area contributed by atoms with Gasteiger partial charge in [-0.1, -0.05) is 17.7 Å². The fourth-order valence-electron chi connectivity index (χ4n) is 2.13. The van der Waals surface area contributed by atoms with E-state index in [4.69, 9.17) is 0 Å². The monoisotopic (exact) mass is 194 g/mol. The molecule has 2 atom stereocenters. The Morgan fingerprint density at radius 2 is 2.43 bits per heavy atom. The van der Waals surface area contributed by atoms with Gasteiger partial charge in [0, 0.05) is 0 Å². The van der Waals surface area contributed by atoms with Gasteiger partial charge < -0.3 is 5.11 Å². The molecule has 0 bridgehead atoms. The Morgan fingerprint density at radius 3 is 2.93 bits per heavy atom. The van der Waals surface area contributed by atoms with E-state index in [0.717, 1.165) is 32.1 Å². The highest BCUT2D eigenvalue weighted by Crippen LogP contribution is 2.34. The summed E-state index contributed by atoms with van der Waals surface area (Å²) in [5, 5.41) is 10.3. The van der Waals surface area contributed by atoms with E-state index in [9.17, 15) is 5.11 Å². The van der Waals surface area contributed by atoms with Crippen molar-refractivity contribution < 1.29 is 5.11 Å². The van der Waals surface area contributed by atoms with Crippen molar-refractivity contribution in [1.82, 2.24) is 0 Å². The number of allylic oxidation sites excluding steroid dienone is 3. The Hall–Kier alpha value is -0.560. The first-order valence-electron chi connectivity index (χ1n) is 5.55. The molecular formula is C13H22O. The lowest BCUT2D eigenvalue weighted by molar-refractivity contribution is -0.0121. The quantitative estimate of drug-likeness (QED) is 0.680. The number of aliphatic hydroxyl groups is 1. The topological polar surface area (TPSA) is 20.2 Å². The number of rotatable bonds is 4. The SMILES string of the molecule is C=CCCC(C)(O)[C@H]1CC=C(C)CC1. The van der Waals surface area contributed by atoms with Crippen LogP contribution in [0, 0.1) is 5.92 Å². The molecule has 0 fully saturated rings. The number of hydrogen-bond acceptors (Lipinski definition) is 1. The molecule has 1 N–H and O–H groups in total. The van der Waals surface area contributed by atoms with Crippen LogP contribution in [0.1, 0.15) is 46.0 Å². The van der Waals surface area contributed by atoms with Crippen molar-refractivity contribution >= 4 is 0 Å². The minimum atomic E-state index is -0.509. The Balaban J connectivity index is 2.51. The van der Waals surface area contributed by atoms with Gasteiger partial charge in [0.1, 0.15) is 0 Å². The third-order valence-corrected chi connectivity index (χ3v) is 3.37. The van der Waals surface area contributed by atoms with Gasteiger partial charge in [0.05, 0.1) is 5.60 Å². The highest BCUT2D eigenvalue weighted by molar-refractivity contribution is 5.05. The minimum absolute atomic E-state index is 0.436. The summed E-state index contributed by atoms with van der Waals surface area (Å²) in [4.78, 5) is 0. The standard InChI is InChI=1S/C13H22O/c1-4-5-10-13(3,14)12-8-6-11(2)7-9-12/h4,6,12,14H,1,5,7-10H2,2-3H3/t12-,13?/m0/s1. The second-order valence-electron chi connectivity index (χ2n) is 4.71. The fraction of sp³-hybridized carbons (Fsp3) is 0.692. The second kappa shape index (κ2) is 4.79. The van der Waals surface area contributed by atoms with E-state index in [0.29, 0.717) is 5.92 Å². The third kappa shape index (κ3) is 2.98. The Kier molecular flexibility index (Phi) is 3.94. The highest BCUT2D eigenvalue weighted by atomic mass is 16.3. The van der Waals surface area contributed by atoms with Crippen LogP contribution in [0.15, 0.2) is 24.3 Å². The molecule has 0 amide bonds. The van der Waals surface area contributed by atoms with E-state index >= 15 is 0 Å². The molecule has 0 saturated carbocycles. The van der Waals surface area contributed by atoms with Crippen molar-refractivity contribution in [1.29, 1.82) is 0 Å². The van der Waals surface area contributed by atoms with Crippen LogP contribution in [-0.4, -0.2) is 10.7 Å². The van der Waals surface area contributed by atoms with Crippen molar-refractivity contribution in [2.24, 2.45) is 5.92 Å². The molecule has 0 aromatic rings.